The van der Waals surface area contributed by atoms with Gasteiger partial charge in [0.15, 0.2) is 0 Å². The van der Waals surface area contributed by atoms with Crippen molar-refractivity contribution in [1.82, 2.24) is 4.98 Å². The molecule has 0 bridgehead atoms. The summed E-state index contributed by atoms with van der Waals surface area (Å²) in [6.45, 7) is 2.90. The second kappa shape index (κ2) is 6.81. The number of benzene rings is 1. The van der Waals surface area contributed by atoms with E-state index in [0.717, 1.165) is 30.6 Å². The normalized spacial score (nSPS) is 13.1. The highest BCUT2D eigenvalue weighted by Gasteiger charge is 2.24. The maximum atomic E-state index is 12.7. The number of fused-ring (bicyclic) bond motifs is 1. The van der Waals surface area contributed by atoms with Crippen molar-refractivity contribution in [1.29, 1.82) is 0 Å². The number of nitrogens with zero attached hydrogens (tertiary/aromatic N) is 2. The molecule has 3 aromatic rings. The van der Waals surface area contributed by atoms with Crippen LogP contribution in [-0.2, 0) is 17.6 Å². The molecule has 0 fully saturated rings. The van der Waals surface area contributed by atoms with Crippen LogP contribution in [0.1, 0.15) is 22.4 Å². The monoisotopic (exact) mass is 348 g/mol. The van der Waals surface area contributed by atoms with Gasteiger partial charge in [0, 0.05) is 35.9 Å². The van der Waals surface area contributed by atoms with Crippen LogP contribution in [0.2, 0.25) is 0 Å². The van der Waals surface area contributed by atoms with Crippen molar-refractivity contribution in [2.24, 2.45) is 0 Å². The summed E-state index contributed by atoms with van der Waals surface area (Å²) in [6, 6.07) is 12.6. The van der Waals surface area contributed by atoms with Crippen LogP contribution in [0.4, 0.5) is 5.69 Å². The number of anilines is 1. The Hall–Kier alpha value is -2.46. The Morgan fingerprint density at radius 1 is 1.16 bits per heavy atom. The third kappa shape index (κ3) is 3.22. The summed E-state index contributed by atoms with van der Waals surface area (Å²) < 4.78 is 0. The summed E-state index contributed by atoms with van der Waals surface area (Å²) >= 11 is 1.74. The number of aromatic nitrogens is 1. The number of aryl methyl sites for hydroxylation is 2. The SMILES string of the molecule is Cc1ccsc1CCC(=O)N1CCc2cc(-c3ccncc3)ccc21. The van der Waals surface area contributed by atoms with E-state index in [1.165, 1.54) is 21.6 Å². The van der Waals surface area contributed by atoms with Gasteiger partial charge in [0.25, 0.3) is 0 Å². The standard InChI is InChI=1S/C21H20N2OS/c1-15-9-13-25-20(15)4-5-21(24)23-12-8-18-14-17(2-3-19(18)23)16-6-10-22-11-7-16/h2-3,6-7,9-11,13-14H,4-5,8,12H2,1H3. The van der Waals surface area contributed by atoms with Gasteiger partial charge in [0.2, 0.25) is 5.91 Å². The molecule has 4 rings (SSSR count). The van der Waals surface area contributed by atoms with E-state index in [2.05, 4.69) is 41.6 Å². The molecule has 1 amide bonds. The smallest absolute Gasteiger partial charge is 0.227 e. The molecule has 1 aromatic carbocycles. The van der Waals surface area contributed by atoms with E-state index < -0.39 is 0 Å². The first-order valence-electron chi connectivity index (χ1n) is 8.59. The van der Waals surface area contributed by atoms with Crippen molar-refractivity contribution in [2.75, 3.05) is 11.4 Å². The van der Waals surface area contributed by atoms with Crippen LogP contribution in [0.3, 0.4) is 0 Å². The van der Waals surface area contributed by atoms with Gasteiger partial charge in [-0.2, -0.15) is 0 Å². The highest BCUT2D eigenvalue weighted by atomic mass is 32.1. The molecule has 126 valence electrons. The lowest BCUT2D eigenvalue weighted by molar-refractivity contribution is -0.118. The van der Waals surface area contributed by atoms with Crippen LogP contribution >= 0.6 is 11.3 Å². The van der Waals surface area contributed by atoms with Crippen molar-refractivity contribution in [3.63, 3.8) is 0 Å². The predicted molar refractivity (Wildman–Crippen MR) is 103 cm³/mol. The number of amides is 1. The summed E-state index contributed by atoms with van der Waals surface area (Å²) in [5, 5.41) is 2.10. The molecular formula is C21H20N2OS. The minimum Gasteiger partial charge on any atom is -0.312 e. The molecule has 0 saturated heterocycles. The van der Waals surface area contributed by atoms with Crippen LogP contribution in [0.5, 0.6) is 0 Å². The molecule has 0 radical (unpaired) electrons. The summed E-state index contributed by atoms with van der Waals surface area (Å²) in [4.78, 5) is 20.0. The third-order valence-electron chi connectivity index (χ3n) is 4.82. The maximum absolute atomic E-state index is 12.7. The molecule has 2 aromatic heterocycles. The molecule has 1 aliphatic heterocycles. The average molecular weight is 348 g/mol. The quantitative estimate of drug-likeness (QED) is 0.688. The lowest BCUT2D eigenvalue weighted by atomic mass is 10.0. The fourth-order valence-electron chi connectivity index (χ4n) is 3.40. The molecule has 3 nitrogen and oxygen atoms in total. The van der Waals surface area contributed by atoms with Gasteiger partial charge in [-0.1, -0.05) is 6.07 Å². The Labute approximate surface area is 152 Å². The molecule has 0 atom stereocenters. The average Bonchev–Trinajstić information content (AvgIpc) is 3.26. The number of hydrogen-bond acceptors (Lipinski definition) is 3. The zero-order chi connectivity index (χ0) is 17.2. The first-order valence-corrected chi connectivity index (χ1v) is 9.47. The lowest BCUT2D eigenvalue weighted by Gasteiger charge is -2.17. The topological polar surface area (TPSA) is 33.2 Å². The number of pyridine rings is 1. The molecular weight excluding hydrogens is 328 g/mol. The summed E-state index contributed by atoms with van der Waals surface area (Å²) in [5.41, 5.74) is 5.97. The minimum atomic E-state index is 0.225. The van der Waals surface area contributed by atoms with Gasteiger partial charge >= 0.3 is 0 Å². The van der Waals surface area contributed by atoms with Gasteiger partial charge in [-0.15, -0.1) is 11.3 Å². The molecule has 4 heteroatoms. The van der Waals surface area contributed by atoms with E-state index in [-0.39, 0.29) is 5.91 Å². The lowest BCUT2D eigenvalue weighted by Crippen LogP contribution is -2.29. The molecule has 1 aliphatic rings. The Morgan fingerprint density at radius 3 is 2.76 bits per heavy atom. The van der Waals surface area contributed by atoms with E-state index >= 15 is 0 Å². The Kier molecular flexibility index (Phi) is 4.36. The molecule has 0 N–H and O–H groups in total. The second-order valence-electron chi connectivity index (χ2n) is 6.40. The second-order valence-corrected chi connectivity index (χ2v) is 7.40. The minimum absolute atomic E-state index is 0.225. The molecule has 3 heterocycles. The number of rotatable bonds is 4. The summed E-state index contributed by atoms with van der Waals surface area (Å²) in [7, 11) is 0. The number of carbonyl (C=O) groups excluding carboxylic acids is 1. The Bertz CT molecular complexity index is 901. The van der Waals surface area contributed by atoms with Gasteiger partial charge in [0.05, 0.1) is 0 Å². The first-order chi connectivity index (χ1) is 12.2. The number of thiophene rings is 1. The van der Waals surface area contributed by atoms with Crippen molar-refractivity contribution in [3.05, 3.63) is 70.2 Å². The third-order valence-corrected chi connectivity index (χ3v) is 5.91. The van der Waals surface area contributed by atoms with Gasteiger partial charge in [-0.05, 0) is 77.7 Å². The fourth-order valence-corrected chi connectivity index (χ4v) is 4.31. The van der Waals surface area contributed by atoms with E-state index in [4.69, 9.17) is 0 Å². The Morgan fingerprint density at radius 2 is 2.00 bits per heavy atom. The van der Waals surface area contributed by atoms with Crippen LogP contribution in [0.15, 0.2) is 54.2 Å². The summed E-state index contributed by atoms with van der Waals surface area (Å²) in [5.74, 6) is 0.225. The highest BCUT2D eigenvalue weighted by molar-refractivity contribution is 7.10. The number of hydrogen-bond donors (Lipinski definition) is 0. The van der Waals surface area contributed by atoms with Crippen molar-refractivity contribution >= 4 is 22.9 Å². The van der Waals surface area contributed by atoms with Crippen LogP contribution in [0, 0.1) is 6.92 Å². The Balaban J connectivity index is 1.50. The summed E-state index contributed by atoms with van der Waals surface area (Å²) in [6.07, 6.45) is 5.96. The molecule has 0 aliphatic carbocycles. The van der Waals surface area contributed by atoms with Gasteiger partial charge < -0.3 is 4.90 Å². The fraction of sp³-hybridized carbons (Fsp3) is 0.238. The molecule has 0 saturated carbocycles. The van der Waals surface area contributed by atoms with E-state index in [0.29, 0.717) is 6.42 Å². The van der Waals surface area contributed by atoms with E-state index in [1.54, 1.807) is 11.3 Å². The predicted octanol–water partition coefficient (Wildman–Crippen LogP) is 4.64. The number of carbonyl (C=O) groups is 1. The highest BCUT2D eigenvalue weighted by Crippen LogP contribution is 2.33. The van der Waals surface area contributed by atoms with Crippen molar-refractivity contribution in [2.45, 2.75) is 26.2 Å². The van der Waals surface area contributed by atoms with Crippen LogP contribution in [0.25, 0.3) is 11.1 Å². The van der Waals surface area contributed by atoms with Crippen molar-refractivity contribution < 1.29 is 4.79 Å². The van der Waals surface area contributed by atoms with Crippen LogP contribution in [-0.4, -0.2) is 17.4 Å². The maximum Gasteiger partial charge on any atom is 0.227 e. The van der Waals surface area contributed by atoms with Crippen molar-refractivity contribution in [3.8, 4) is 11.1 Å². The van der Waals surface area contributed by atoms with Gasteiger partial charge in [0.1, 0.15) is 0 Å². The zero-order valence-electron chi connectivity index (χ0n) is 14.2. The van der Waals surface area contributed by atoms with Gasteiger partial charge in [-0.3, -0.25) is 9.78 Å². The van der Waals surface area contributed by atoms with E-state index in [9.17, 15) is 4.79 Å². The zero-order valence-corrected chi connectivity index (χ0v) is 15.1. The van der Waals surface area contributed by atoms with E-state index in [1.807, 2.05) is 29.4 Å². The molecule has 25 heavy (non-hydrogen) atoms. The first kappa shape index (κ1) is 16.0. The molecule has 0 spiro atoms. The molecule has 0 unspecified atom stereocenters. The van der Waals surface area contributed by atoms with Crippen LogP contribution < -0.4 is 4.90 Å². The largest absolute Gasteiger partial charge is 0.312 e. The van der Waals surface area contributed by atoms with Gasteiger partial charge in [-0.25, -0.2) is 0 Å².